The van der Waals surface area contributed by atoms with Crippen molar-refractivity contribution in [2.45, 2.75) is 25.7 Å². The Morgan fingerprint density at radius 3 is 1.88 bits per heavy atom. The van der Waals surface area contributed by atoms with Crippen molar-refractivity contribution < 1.29 is 13.2 Å². The van der Waals surface area contributed by atoms with Crippen LogP contribution in [0.2, 0.25) is 0 Å². The molecule has 0 N–H and O–H groups in total. The van der Waals surface area contributed by atoms with Gasteiger partial charge in [0, 0.05) is 10.9 Å². The topological polar surface area (TPSA) is 0 Å². The summed E-state index contributed by atoms with van der Waals surface area (Å²) in [5, 5.41) is 1.18. The maximum absolute atomic E-state index is 15.3. The van der Waals surface area contributed by atoms with E-state index in [-0.39, 0.29) is 16.7 Å². The molecule has 33 heavy (non-hydrogen) atoms. The highest BCUT2D eigenvalue weighted by molar-refractivity contribution is 5.89. The number of benzene rings is 4. The van der Waals surface area contributed by atoms with Crippen LogP contribution < -0.4 is 0 Å². The maximum atomic E-state index is 15.3. The molecule has 4 rings (SSSR count). The van der Waals surface area contributed by atoms with E-state index in [9.17, 15) is 0 Å². The normalized spacial score (nSPS) is 11.0. The first kappa shape index (κ1) is 22.6. The molecule has 0 saturated carbocycles. The van der Waals surface area contributed by atoms with Crippen molar-refractivity contribution in [1.29, 1.82) is 0 Å². The highest BCUT2D eigenvalue weighted by atomic mass is 19.1. The predicted molar refractivity (Wildman–Crippen MR) is 132 cm³/mol. The van der Waals surface area contributed by atoms with Crippen LogP contribution in [0.25, 0.3) is 33.0 Å². The highest BCUT2D eigenvalue weighted by Crippen LogP contribution is 2.34. The summed E-state index contributed by atoms with van der Waals surface area (Å²) in [7, 11) is 0. The number of halogens is 3. The molecule has 0 saturated heterocycles. The van der Waals surface area contributed by atoms with Gasteiger partial charge in [-0.2, -0.15) is 0 Å². The molecule has 4 aromatic carbocycles. The average Bonchev–Trinajstić information content (AvgIpc) is 2.82. The summed E-state index contributed by atoms with van der Waals surface area (Å²) in [6.45, 7) is 7.43. The zero-order valence-electron chi connectivity index (χ0n) is 18.4. The van der Waals surface area contributed by atoms with Gasteiger partial charge >= 0.3 is 0 Å². The van der Waals surface area contributed by atoms with Crippen molar-refractivity contribution in [2.24, 2.45) is 0 Å². The van der Waals surface area contributed by atoms with Crippen LogP contribution in [0.3, 0.4) is 0 Å². The molecule has 4 aromatic rings. The summed E-state index contributed by atoms with van der Waals surface area (Å²) >= 11 is 0. The van der Waals surface area contributed by atoms with Crippen LogP contribution in [0, 0.1) is 17.5 Å². The standard InChI is InChI=1S/C30H25F3/c1-3-5-7-20-9-12-22(13-10-20)29-27(31)18-24(19-28(29)32)26-16-14-23-17-21(8-6-4-2)11-15-25(23)30(26)33/h3-4,9-19H,1-2,5-8H2. The molecule has 0 atom stereocenters. The van der Waals surface area contributed by atoms with Crippen LogP contribution in [0.4, 0.5) is 13.2 Å². The van der Waals surface area contributed by atoms with Crippen LogP contribution >= 0.6 is 0 Å². The number of allylic oxidation sites excluding steroid dienone is 2. The Kier molecular flexibility index (Phi) is 6.79. The Morgan fingerprint density at radius 1 is 0.636 bits per heavy atom. The molecule has 166 valence electrons. The molecule has 0 aliphatic carbocycles. The van der Waals surface area contributed by atoms with Gasteiger partial charge in [-0.15, -0.1) is 13.2 Å². The molecule has 0 nitrogen and oxygen atoms in total. The third-order valence-corrected chi connectivity index (χ3v) is 5.89. The smallest absolute Gasteiger partial charge is 0.138 e. The molecule has 0 aromatic heterocycles. The molecular weight excluding hydrogens is 417 g/mol. The molecule has 0 amide bonds. The summed E-state index contributed by atoms with van der Waals surface area (Å²) < 4.78 is 45.3. The fourth-order valence-electron chi connectivity index (χ4n) is 4.10. The average molecular weight is 443 g/mol. The van der Waals surface area contributed by atoms with Gasteiger partial charge in [0.2, 0.25) is 0 Å². The Hall–Kier alpha value is -3.59. The highest BCUT2D eigenvalue weighted by Gasteiger charge is 2.17. The first-order valence-corrected chi connectivity index (χ1v) is 11.0. The summed E-state index contributed by atoms with van der Waals surface area (Å²) in [5.74, 6) is -1.92. The SMILES string of the molecule is C=CCCc1ccc(-c2c(F)cc(-c3ccc4cc(CCC=C)ccc4c3F)cc2F)cc1. The predicted octanol–water partition coefficient (Wildman–Crippen LogP) is 8.83. The number of aryl methyl sites for hydroxylation is 2. The summed E-state index contributed by atoms with van der Waals surface area (Å²) in [6.07, 6.45) is 7.01. The van der Waals surface area contributed by atoms with Crippen molar-refractivity contribution in [1.82, 2.24) is 0 Å². The van der Waals surface area contributed by atoms with Gasteiger partial charge in [-0.1, -0.05) is 66.7 Å². The molecule has 0 radical (unpaired) electrons. The molecular formula is C30H25F3. The number of hydrogen-bond donors (Lipinski definition) is 0. The second kappa shape index (κ2) is 9.91. The van der Waals surface area contributed by atoms with E-state index in [4.69, 9.17) is 0 Å². The fraction of sp³-hybridized carbons (Fsp3) is 0.133. The molecule has 0 heterocycles. The molecule has 0 unspecified atom stereocenters. The second-order valence-electron chi connectivity index (χ2n) is 8.15. The van der Waals surface area contributed by atoms with Crippen LogP contribution in [-0.2, 0) is 12.8 Å². The Bertz CT molecular complexity index is 1290. The lowest BCUT2D eigenvalue weighted by molar-refractivity contribution is 0.590. The summed E-state index contributed by atoms with van der Waals surface area (Å²) in [5.41, 5.74) is 2.84. The van der Waals surface area contributed by atoms with E-state index in [1.54, 1.807) is 30.3 Å². The van der Waals surface area contributed by atoms with E-state index >= 15 is 13.2 Å². The van der Waals surface area contributed by atoms with E-state index < -0.39 is 17.5 Å². The molecule has 0 aliphatic rings. The maximum Gasteiger partial charge on any atom is 0.138 e. The van der Waals surface area contributed by atoms with Crippen LogP contribution in [-0.4, -0.2) is 0 Å². The van der Waals surface area contributed by atoms with Gasteiger partial charge < -0.3 is 0 Å². The van der Waals surface area contributed by atoms with Crippen molar-refractivity contribution in [3.63, 3.8) is 0 Å². The molecule has 0 bridgehead atoms. The first-order valence-electron chi connectivity index (χ1n) is 11.0. The fourth-order valence-corrected chi connectivity index (χ4v) is 4.10. The Morgan fingerprint density at radius 2 is 1.24 bits per heavy atom. The molecule has 0 fully saturated rings. The van der Waals surface area contributed by atoms with E-state index in [0.717, 1.165) is 42.2 Å². The Labute approximate surface area is 192 Å². The lowest BCUT2D eigenvalue weighted by Gasteiger charge is -2.12. The van der Waals surface area contributed by atoms with Gasteiger partial charge in [-0.25, -0.2) is 13.2 Å². The van der Waals surface area contributed by atoms with Gasteiger partial charge in [-0.05, 0) is 65.5 Å². The zero-order chi connectivity index (χ0) is 23.4. The zero-order valence-corrected chi connectivity index (χ0v) is 18.4. The van der Waals surface area contributed by atoms with Gasteiger partial charge in [0.15, 0.2) is 0 Å². The lowest BCUT2D eigenvalue weighted by atomic mass is 9.95. The number of hydrogen-bond acceptors (Lipinski definition) is 0. The minimum absolute atomic E-state index is 0.109. The third kappa shape index (κ3) is 4.78. The van der Waals surface area contributed by atoms with Gasteiger partial charge in [-0.3, -0.25) is 0 Å². The molecule has 0 aliphatic heterocycles. The van der Waals surface area contributed by atoms with Crippen LogP contribution in [0.1, 0.15) is 24.0 Å². The number of rotatable bonds is 8. The van der Waals surface area contributed by atoms with Gasteiger partial charge in [0.05, 0.1) is 5.56 Å². The van der Waals surface area contributed by atoms with E-state index in [0.29, 0.717) is 10.9 Å². The molecule has 3 heteroatoms. The first-order chi connectivity index (χ1) is 16.0. The molecule has 0 spiro atoms. The van der Waals surface area contributed by atoms with E-state index in [1.807, 2.05) is 36.4 Å². The van der Waals surface area contributed by atoms with Crippen molar-refractivity contribution in [3.8, 4) is 22.3 Å². The van der Waals surface area contributed by atoms with Crippen molar-refractivity contribution in [2.75, 3.05) is 0 Å². The lowest BCUT2D eigenvalue weighted by Crippen LogP contribution is -1.95. The summed E-state index contributed by atoms with van der Waals surface area (Å²) in [4.78, 5) is 0. The van der Waals surface area contributed by atoms with E-state index in [1.165, 1.54) is 12.1 Å². The largest absolute Gasteiger partial charge is 0.206 e. The van der Waals surface area contributed by atoms with Crippen LogP contribution in [0.5, 0.6) is 0 Å². The third-order valence-electron chi connectivity index (χ3n) is 5.89. The van der Waals surface area contributed by atoms with Gasteiger partial charge in [0.1, 0.15) is 17.5 Å². The second-order valence-corrected chi connectivity index (χ2v) is 8.15. The monoisotopic (exact) mass is 442 g/mol. The Balaban J connectivity index is 1.69. The minimum atomic E-state index is -0.719. The van der Waals surface area contributed by atoms with Gasteiger partial charge in [0.25, 0.3) is 0 Å². The number of fused-ring (bicyclic) bond motifs is 1. The quantitative estimate of drug-likeness (QED) is 0.239. The summed E-state index contributed by atoms with van der Waals surface area (Å²) in [6, 6.07) is 18.4. The van der Waals surface area contributed by atoms with Crippen molar-refractivity contribution >= 4 is 10.8 Å². The van der Waals surface area contributed by atoms with Crippen molar-refractivity contribution in [3.05, 3.63) is 121 Å². The minimum Gasteiger partial charge on any atom is -0.206 e. The van der Waals surface area contributed by atoms with Crippen LogP contribution in [0.15, 0.2) is 92.0 Å². The van der Waals surface area contributed by atoms with E-state index in [2.05, 4.69) is 13.2 Å².